The summed E-state index contributed by atoms with van der Waals surface area (Å²) in [6, 6.07) is 2.17. The zero-order valence-corrected chi connectivity index (χ0v) is 7.83. The molecule has 12 heavy (non-hydrogen) atoms. The second-order valence-electron chi connectivity index (χ2n) is 3.15. The smallest absolute Gasteiger partial charge is 0.124 e. The molecule has 1 atom stereocenters. The van der Waals surface area contributed by atoms with Crippen LogP contribution in [0.3, 0.4) is 0 Å². The summed E-state index contributed by atoms with van der Waals surface area (Å²) in [5.41, 5.74) is 6.62. The zero-order chi connectivity index (χ0) is 9.14. The Balaban J connectivity index is 2.57. The summed E-state index contributed by atoms with van der Waals surface area (Å²) in [5.74, 6) is 1.02. The molecule has 0 aliphatic rings. The highest BCUT2D eigenvalue weighted by molar-refractivity contribution is 5.36. The van der Waals surface area contributed by atoms with Crippen LogP contribution in [0.5, 0.6) is 0 Å². The van der Waals surface area contributed by atoms with Crippen LogP contribution < -0.4 is 11.1 Å². The van der Waals surface area contributed by atoms with Crippen molar-refractivity contribution in [3.05, 3.63) is 11.8 Å². The van der Waals surface area contributed by atoms with E-state index >= 15 is 0 Å². The summed E-state index contributed by atoms with van der Waals surface area (Å²) >= 11 is 0. The van der Waals surface area contributed by atoms with Crippen molar-refractivity contribution in [3.63, 3.8) is 0 Å². The van der Waals surface area contributed by atoms with Crippen LogP contribution in [0.1, 0.15) is 12.6 Å². The molecule has 0 aromatic carbocycles. The van der Waals surface area contributed by atoms with Crippen LogP contribution in [0.2, 0.25) is 0 Å². The van der Waals surface area contributed by atoms with Crippen LogP contribution in [-0.4, -0.2) is 22.4 Å². The van der Waals surface area contributed by atoms with Crippen molar-refractivity contribution in [2.24, 2.45) is 12.8 Å². The molecule has 0 unspecified atom stereocenters. The highest BCUT2D eigenvalue weighted by Gasteiger charge is 2.00. The maximum absolute atomic E-state index is 5.60. The maximum atomic E-state index is 5.60. The largest absolute Gasteiger partial charge is 0.369 e. The van der Waals surface area contributed by atoms with Crippen LogP contribution in [-0.2, 0) is 7.05 Å². The van der Waals surface area contributed by atoms with Gasteiger partial charge in [0.05, 0.1) is 5.69 Å². The van der Waals surface area contributed by atoms with E-state index in [0.717, 1.165) is 18.1 Å². The molecule has 0 radical (unpaired) electrons. The topological polar surface area (TPSA) is 55.9 Å². The van der Waals surface area contributed by atoms with E-state index in [1.165, 1.54) is 0 Å². The van der Waals surface area contributed by atoms with E-state index in [0.29, 0.717) is 0 Å². The lowest BCUT2D eigenvalue weighted by Gasteiger charge is -2.07. The predicted molar refractivity (Wildman–Crippen MR) is 50.1 cm³/mol. The second-order valence-corrected chi connectivity index (χ2v) is 3.15. The molecule has 0 spiro atoms. The average molecular weight is 168 g/mol. The van der Waals surface area contributed by atoms with E-state index in [1.54, 1.807) is 0 Å². The van der Waals surface area contributed by atoms with Gasteiger partial charge in [0, 0.05) is 25.7 Å². The predicted octanol–water partition coefficient (Wildman–Crippen LogP) is 0.488. The Bertz CT molecular complexity index is 252. The van der Waals surface area contributed by atoms with E-state index in [1.807, 2.05) is 31.6 Å². The van der Waals surface area contributed by atoms with E-state index in [2.05, 4.69) is 10.4 Å². The zero-order valence-electron chi connectivity index (χ0n) is 7.83. The standard InChI is InChI=1S/C8H16N4/c1-6(9)5-10-8-4-7(2)11-12(8)3/h4,6,10H,5,9H2,1-3H3/t6-/m1/s1. The second kappa shape index (κ2) is 3.58. The quantitative estimate of drug-likeness (QED) is 0.690. The number of aromatic nitrogens is 2. The summed E-state index contributed by atoms with van der Waals surface area (Å²) in [7, 11) is 1.91. The number of hydrogen-bond donors (Lipinski definition) is 2. The normalized spacial score (nSPS) is 13.0. The molecule has 0 bridgehead atoms. The van der Waals surface area contributed by atoms with Crippen molar-refractivity contribution < 1.29 is 0 Å². The SMILES string of the molecule is Cc1cc(NC[C@@H](C)N)n(C)n1. The first kappa shape index (κ1) is 9.06. The Hall–Kier alpha value is -1.03. The molecule has 4 nitrogen and oxygen atoms in total. The Kier molecular flexibility index (Phi) is 2.70. The van der Waals surface area contributed by atoms with Crippen molar-refractivity contribution in [1.29, 1.82) is 0 Å². The number of anilines is 1. The van der Waals surface area contributed by atoms with Crippen LogP contribution in [0, 0.1) is 6.92 Å². The van der Waals surface area contributed by atoms with Crippen LogP contribution in [0.15, 0.2) is 6.07 Å². The summed E-state index contributed by atoms with van der Waals surface area (Å²) < 4.78 is 1.82. The summed E-state index contributed by atoms with van der Waals surface area (Å²) in [6.45, 7) is 4.71. The highest BCUT2D eigenvalue weighted by atomic mass is 15.3. The number of nitrogens with two attached hydrogens (primary N) is 1. The van der Waals surface area contributed by atoms with Crippen molar-refractivity contribution in [2.75, 3.05) is 11.9 Å². The summed E-state index contributed by atoms with van der Waals surface area (Å²) in [4.78, 5) is 0. The molecule has 3 N–H and O–H groups in total. The molecule has 0 amide bonds. The third-order valence-corrected chi connectivity index (χ3v) is 1.61. The summed E-state index contributed by atoms with van der Waals surface area (Å²) in [5, 5.41) is 7.41. The lowest BCUT2D eigenvalue weighted by atomic mass is 10.3. The number of nitrogens with one attached hydrogen (secondary N) is 1. The van der Waals surface area contributed by atoms with E-state index in [-0.39, 0.29) is 6.04 Å². The molecule has 0 saturated carbocycles. The van der Waals surface area contributed by atoms with Gasteiger partial charge < -0.3 is 11.1 Å². The molecule has 1 heterocycles. The number of nitrogens with zero attached hydrogens (tertiary/aromatic N) is 2. The van der Waals surface area contributed by atoms with Gasteiger partial charge in [-0.3, -0.25) is 4.68 Å². The molecule has 0 fully saturated rings. The van der Waals surface area contributed by atoms with Gasteiger partial charge in [0.25, 0.3) is 0 Å². The van der Waals surface area contributed by atoms with Crippen molar-refractivity contribution in [3.8, 4) is 0 Å². The van der Waals surface area contributed by atoms with Gasteiger partial charge in [-0.15, -0.1) is 0 Å². The van der Waals surface area contributed by atoms with Crippen LogP contribution in [0.25, 0.3) is 0 Å². The number of aryl methyl sites for hydroxylation is 2. The third kappa shape index (κ3) is 2.23. The van der Waals surface area contributed by atoms with Gasteiger partial charge in [-0.05, 0) is 13.8 Å². The van der Waals surface area contributed by atoms with Crippen molar-refractivity contribution in [2.45, 2.75) is 19.9 Å². The van der Waals surface area contributed by atoms with Gasteiger partial charge in [-0.2, -0.15) is 5.10 Å². The minimum absolute atomic E-state index is 0.167. The maximum Gasteiger partial charge on any atom is 0.124 e. The lowest BCUT2D eigenvalue weighted by molar-refractivity contribution is 0.734. The van der Waals surface area contributed by atoms with Crippen LogP contribution in [0.4, 0.5) is 5.82 Å². The fourth-order valence-electron chi connectivity index (χ4n) is 1.04. The fourth-order valence-corrected chi connectivity index (χ4v) is 1.04. The molecule has 1 aromatic heterocycles. The van der Waals surface area contributed by atoms with Gasteiger partial charge in [0.1, 0.15) is 5.82 Å². The Labute approximate surface area is 72.8 Å². The molecular formula is C8H16N4. The molecular weight excluding hydrogens is 152 g/mol. The van der Waals surface area contributed by atoms with Gasteiger partial charge in [-0.1, -0.05) is 0 Å². The van der Waals surface area contributed by atoms with Crippen molar-refractivity contribution in [1.82, 2.24) is 9.78 Å². The Morgan fingerprint density at radius 2 is 2.42 bits per heavy atom. The summed E-state index contributed by atoms with van der Waals surface area (Å²) in [6.07, 6.45) is 0. The van der Waals surface area contributed by atoms with Gasteiger partial charge in [0.15, 0.2) is 0 Å². The van der Waals surface area contributed by atoms with E-state index < -0.39 is 0 Å². The Morgan fingerprint density at radius 1 is 1.75 bits per heavy atom. The minimum Gasteiger partial charge on any atom is -0.369 e. The molecule has 0 aliphatic carbocycles. The first-order valence-corrected chi connectivity index (χ1v) is 4.09. The first-order chi connectivity index (χ1) is 5.59. The number of rotatable bonds is 3. The number of hydrogen-bond acceptors (Lipinski definition) is 3. The highest BCUT2D eigenvalue weighted by Crippen LogP contribution is 2.06. The monoisotopic (exact) mass is 168 g/mol. The first-order valence-electron chi connectivity index (χ1n) is 4.09. The Morgan fingerprint density at radius 3 is 2.83 bits per heavy atom. The molecule has 4 heteroatoms. The van der Waals surface area contributed by atoms with E-state index in [4.69, 9.17) is 5.73 Å². The molecule has 68 valence electrons. The average Bonchev–Trinajstić information content (AvgIpc) is 2.26. The molecule has 0 saturated heterocycles. The minimum atomic E-state index is 0.167. The van der Waals surface area contributed by atoms with Gasteiger partial charge >= 0.3 is 0 Å². The third-order valence-electron chi connectivity index (χ3n) is 1.61. The van der Waals surface area contributed by atoms with Gasteiger partial charge in [0.2, 0.25) is 0 Å². The van der Waals surface area contributed by atoms with Crippen molar-refractivity contribution >= 4 is 5.82 Å². The molecule has 1 rings (SSSR count). The van der Waals surface area contributed by atoms with Crippen LogP contribution >= 0.6 is 0 Å². The van der Waals surface area contributed by atoms with E-state index in [9.17, 15) is 0 Å². The lowest BCUT2D eigenvalue weighted by Crippen LogP contribution is -2.25. The fraction of sp³-hybridized carbons (Fsp3) is 0.625. The molecule has 1 aromatic rings. The van der Waals surface area contributed by atoms with Gasteiger partial charge in [-0.25, -0.2) is 0 Å². The molecule has 0 aliphatic heterocycles.